The van der Waals surface area contributed by atoms with Crippen molar-refractivity contribution in [3.05, 3.63) is 79.8 Å². The summed E-state index contributed by atoms with van der Waals surface area (Å²) in [5.74, 6) is -0.900. The molecule has 18 heteroatoms. The fourth-order valence-corrected chi connectivity index (χ4v) is 6.34. The Bertz CT molecular complexity index is 2000. The molecule has 5 rings (SSSR count). The van der Waals surface area contributed by atoms with Crippen LogP contribution in [-0.2, 0) is 28.7 Å². The average Bonchev–Trinajstić information content (AvgIpc) is 3.12. The molecule has 0 bridgehead atoms. The van der Waals surface area contributed by atoms with Crippen molar-refractivity contribution in [2.75, 3.05) is 68.0 Å². The Labute approximate surface area is 302 Å². The number of hydrogen-bond acceptors (Lipinski definition) is 10. The van der Waals surface area contributed by atoms with Gasteiger partial charge in [0.25, 0.3) is 11.5 Å². The minimum atomic E-state index is -4.61. The summed E-state index contributed by atoms with van der Waals surface area (Å²) in [5, 5.41) is 9.47. The lowest BCUT2D eigenvalue weighted by atomic mass is 10.1. The molecule has 2 aliphatic rings. The van der Waals surface area contributed by atoms with E-state index in [1.807, 2.05) is 24.8 Å². The Morgan fingerprint density at radius 1 is 1.13 bits per heavy atom. The van der Waals surface area contributed by atoms with E-state index >= 15 is 0 Å². The highest BCUT2D eigenvalue weighted by molar-refractivity contribution is 6.33. The molecular formula is C34H40ClF3N10O4. The number of piperazine rings is 1. The Kier molecular flexibility index (Phi) is 12.2. The summed E-state index contributed by atoms with van der Waals surface area (Å²) >= 11 is 6.14. The number of aromatic nitrogens is 4. The van der Waals surface area contributed by atoms with Crippen LogP contribution in [0.25, 0.3) is 0 Å². The van der Waals surface area contributed by atoms with Gasteiger partial charge < -0.3 is 29.7 Å². The maximum atomic E-state index is 14.2. The molecule has 1 saturated heterocycles. The number of alkyl halides is 3. The number of carbonyl (C=O) groups is 2. The van der Waals surface area contributed by atoms with Crippen LogP contribution in [0.1, 0.15) is 47.7 Å². The van der Waals surface area contributed by atoms with Crippen molar-refractivity contribution in [2.24, 2.45) is 10.1 Å². The number of benzene rings is 1. The number of nitrogens with zero attached hydrogens (tertiary/aromatic N) is 8. The average molecular weight is 745 g/mol. The van der Waals surface area contributed by atoms with Gasteiger partial charge >= 0.3 is 6.18 Å². The zero-order valence-electron chi connectivity index (χ0n) is 29.1. The summed E-state index contributed by atoms with van der Waals surface area (Å²) in [7, 11) is 0. The van der Waals surface area contributed by atoms with Crippen molar-refractivity contribution >= 4 is 47.2 Å². The lowest BCUT2D eigenvalue weighted by molar-refractivity contribution is -0.137. The summed E-state index contributed by atoms with van der Waals surface area (Å²) in [6, 6.07) is 2.65. The van der Waals surface area contributed by atoms with Gasteiger partial charge in [0.05, 0.1) is 53.1 Å². The number of carbonyl (C=O) groups excluding carboxylic acids is 2. The number of aryl methyl sites for hydroxylation is 1. The molecule has 1 fully saturated rings. The summed E-state index contributed by atoms with van der Waals surface area (Å²) < 4.78 is 47.7. The van der Waals surface area contributed by atoms with Crippen LogP contribution in [0.2, 0.25) is 5.02 Å². The van der Waals surface area contributed by atoms with Gasteiger partial charge in [-0.25, -0.2) is 15.0 Å². The highest BCUT2D eigenvalue weighted by atomic mass is 35.5. The second-order valence-electron chi connectivity index (χ2n) is 12.0. The first-order valence-electron chi connectivity index (χ1n) is 16.8. The van der Waals surface area contributed by atoms with E-state index < -0.39 is 23.2 Å². The molecule has 14 nitrogen and oxygen atoms in total. The summed E-state index contributed by atoms with van der Waals surface area (Å²) in [6.45, 7) is 11.6. The lowest BCUT2D eigenvalue weighted by Crippen LogP contribution is -2.53. The highest BCUT2D eigenvalue weighted by Crippen LogP contribution is 2.34. The molecule has 0 spiro atoms. The first-order chi connectivity index (χ1) is 24.9. The van der Waals surface area contributed by atoms with Gasteiger partial charge in [0, 0.05) is 39.4 Å². The van der Waals surface area contributed by atoms with Gasteiger partial charge in [-0.2, -0.15) is 22.9 Å². The van der Waals surface area contributed by atoms with Crippen LogP contribution in [0, 0.1) is 6.92 Å². The third-order valence-electron chi connectivity index (χ3n) is 8.73. The number of halogens is 4. The smallest absolute Gasteiger partial charge is 0.382 e. The Balaban J connectivity index is 1.50. The number of nitrogens with one attached hydrogen (secondary N) is 2. The second-order valence-corrected chi connectivity index (χ2v) is 12.4. The molecule has 2 aliphatic heterocycles. The zero-order valence-corrected chi connectivity index (χ0v) is 29.9. The molecule has 0 unspecified atom stereocenters. The van der Waals surface area contributed by atoms with Crippen molar-refractivity contribution in [1.29, 1.82) is 0 Å². The van der Waals surface area contributed by atoms with Gasteiger partial charge in [0.1, 0.15) is 18.6 Å². The van der Waals surface area contributed by atoms with Crippen LogP contribution in [0.4, 0.5) is 30.2 Å². The number of amides is 2. The van der Waals surface area contributed by atoms with Crippen molar-refractivity contribution < 1.29 is 27.5 Å². The summed E-state index contributed by atoms with van der Waals surface area (Å²) in [4.78, 5) is 58.0. The molecule has 1 aromatic carbocycles. The van der Waals surface area contributed by atoms with E-state index in [4.69, 9.17) is 21.3 Å². The first-order valence-corrected chi connectivity index (χ1v) is 17.1. The van der Waals surface area contributed by atoms with Crippen LogP contribution in [0.5, 0.6) is 0 Å². The largest absolute Gasteiger partial charge is 0.416 e. The van der Waals surface area contributed by atoms with Gasteiger partial charge in [0.15, 0.2) is 5.69 Å². The van der Waals surface area contributed by atoms with E-state index in [1.165, 1.54) is 6.33 Å². The maximum Gasteiger partial charge on any atom is 0.416 e. The fraction of sp³-hybridized carbons (Fsp3) is 0.441. The van der Waals surface area contributed by atoms with E-state index in [9.17, 15) is 27.6 Å². The van der Waals surface area contributed by atoms with Gasteiger partial charge in [0.2, 0.25) is 11.5 Å². The standard InChI is InChI=1S/C34H40ClF3N10O4/c1-5-26-30(45-11-13-46(14-12-45)31(50)29-28(40-6-2)21(3)42-20-43-29)32(51)48(39-4)33(41-18-22-9-15-52-16-10-22)47(26)19-27(49)44-25-8-7-23(17-24(25)35)34(36,37)38/h7-9,17,20,40H,4-6,10-16,18-19H2,1-3H3,(H,44,49). The van der Waals surface area contributed by atoms with Crippen LogP contribution in [0.15, 0.2) is 51.1 Å². The molecule has 2 amide bonds. The number of ether oxygens (including phenoxy) is 1. The first kappa shape index (κ1) is 38.2. The maximum absolute atomic E-state index is 14.2. The Morgan fingerprint density at radius 2 is 1.88 bits per heavy atom. The Morgan fingerprint density at radius 3 is 2.50 bits per heavy atom. The van der Waals surface area contributed by atoms with Crippen molar-refractivity contribution in [1.82, 2.24) is 24.1 Å². The van der Waals surface area contributed by atoms with E-state index in [-0.39, 0.29) is 72.9 Å². The molecule has 3 aromatic rings. The molecule has 2 aromatic heterocycles. The molecule has 52 heavy (non-hydrogen) atoms. The Hall–Kier alpha value is -5.03. The van der Waals surface area contributed by atoms with Crippen LogP contribution >= 0.6 is 11.6 Å². The van der Waals surface area contributed by atoms with Gasteiger partial charge in [-0.15, -0.1) is 0 Å². The SMILES string of the molecule is C=Nn1c(=O)c(N2CCN(C(=O)c3ncnc(C)c3NCC)CC2)c(CC)n(CC(=O)Nc2ccc(C(F)(F)F)cc2Cl)c1=NCC1=CCOCC1. The minimum absolute atomic E-state index is 0.0171. The third-order valence-corrected chi connectivity index (χ3v) is 9.04. The lowest BCUT2D eigenvalue weighted by Gasteiger charge is -2.37. The van der Waals surface area contributed by atoms with Crippen molar-refractivity contribution in [3.63, 3.8) is 0 Å². The number of hydrogen-bond donors (Lipinski definition) is 2. The fourth-order valence-electron chi connectivity index (χ4n) is 6.11. The topological polar surface area (TPSA) is 151 Å². The predicted molar refractivity (Wildman–Crippen MR) is 191 cm³/mol. The quantitative estimate of drug-likeness (QED) is 0.223. The van der Waals surface area contributed by atoms with Gasteiger partial charge in [-0.05, 0) is 50.5 Å². The third kappa shape index (κ3) is 8.36. The van der Waals surface area contributed by atoms with Gasteiger partial charge in [-0.3, -0.25) is 14.4 Å². The minimum Gasteiger partial charge on any atom is -0.382 e. The van der Waals surface area contributed by atoms with Crippen molar-refractivity contribution in [3.8, 4) is 0 Å². The van der Waals surface area contributed by atoms with Crippen LogP contribution < -0.4 is 26.7 Å². The molecular weight excluding hydrogens is 705 g/mol. The molecule has 278 valence electrons. The number of rotatable bonds is 11. The summed E-state index contributed by atoms with van der Waals surface area (Å²) in [5.41, 5.74) is 1.77. The normalized spacial score (nSPS) is 15.4. The molecule has 4 heterocycles. The molecule has 2 N–H and O–H groups in total. The van der Waals surface area contributed by atoms with Crippen LogP contribution in [0.3, 0.4) is 0 Å². The summed E-state index contributed by atoms with van der Waals surface area (Å²) in [6.07, 6.45) is -0.432. The number of anilines is 3. The van der Waals surface area contributed by atoms with Gasteiger partial charge in [-0.1, -0.05) is 24.6 Å². The second kappa shape index (κ2) is 16.5. The van der Waals surface area contributed by atoms with Crippen LogP contribution in [-0.4, -0.2) is 95.1 Å². The van der Waals surface area contributed by atoms with E-state index in [2.05, 4.69) is 32.4 Å². The van der Waals surface area contributed by atoms with E-state index in [0.717, 1.165) is 28.4 Å². The predicted octanol–water partition coefficient (Wildman–Crippen LogP) is 3.73. The zero-order chi connectivity index (χ0) is 37.6. The molecule has 0 aliphatic carbocycles. The molecule has 0 saturated carbocycles. The van der Waals surface area contributed by atoms with E-state index in [1.54, 1.807) is 16.4 Å². The van der Waals surface area contributed by atoms with E-state index in [0.29, 0.717) is 49.7 Å². The highest BCUT2D eigenvalue weighted by Gasteiger charge is 2.32. The molecule has 0 atom stereocenters. The van der Waals surface area contributed by atoms with Crippen molar-refractivity contribution in [2.45, 2.75) is 46.3 Å². The monoisotopic (exact) mass is 744 g/mol. The molecule has 0 radical (unpaired) electrons.